The molecule has 0 saturated carbocycles. The van der Waals surface area contributed by atoms with Gasteiger partial charge in [0.15, 0.2) is 11.5 Å². The van der Waals surface area contributed by atoms with Crippen molar-refractivity contribution in [3.05, 3.63) is 59.2 Å². The molecule has 0 atom stereocenters. The largest absolute Gasteiger partial charge is 0.493 e. The molecule has 0 unspecified atom stereocenters. The van der Waals surface area contributed by atoms with Gasteiger partial charge >= 0.3 is 0 Å². The Kier molecular flexibility index (Phi) is 6.23. The predicted molar refractivity (Wildman–Crippen MR) is 96.5 cm³/mol. The highest BCUT2D eigenvalue weighted by molar-refractivity contribution is 5.46. The highest BCUT2D eigenvalue weighted by Crippen LogP contribution is 2.32. The van der Waals surface area contributed by atoms with E-state index in [-0.39, 0.29) is 12.1 Å². The third-order valence-electron chi connectivity index (χ3n) is 3.94. The number of ether oxygens (including phenoxy) is 2. The number of nitrogens with one attached hydrogen (secondary N) is 1. The van der Waals surface area contributed by atoms with E-state index < -0.39 is 0 Å². The Morgan fingerprint density at radius 1 is 1.08 bits per heavy atom. The van der Waals surface area contributed by atoms with Gasteiger partial charge in [0, 0.05) is 17.6 Å². The minimum absolute atomic E-state index is 0.0660. The third-order valence-corrected chi connectivity index (χ3v) is 3.94. The summed E-state index contributed by atoms with van der Waals surface area (Å²) in [6.45, 7) is 7.12. The Balaban J connectivity index is 2.15. The summed E-state index contributed by atoms with van der Waals surface area (Å²) in [7, 11) is 1.64. The van der Waals surface area contributed by atoms with E-state index in [1.54, 1.807) is 7.11 Å². The molecule has 24 heavy (non-hydrogen) atoms. The fourth-order valence-electron chi connectivity index (χ4n) is 2.26. The molecule has 0 heterocycles. The Morgan fingerprint density at radius 3 is 2.42 bits per heavy atom. The molecule has 2 aromatic rings. The van der Waals surface area contributed by atoms with Gasteiger partial charge in [-0.25, -0.2) is 0 Å². The predicted octanol–water partition coefficient (Wildman–Crippen LogP) is 3.44. The number of rotatable bonds is 8. The second-order valence-corrected chi connectivity index (χ2v) is 6.62. The van der Waals surface area contributed by atoms with Crippen molar-refractivity contribution in [2.45, 2.75) is 39.5 Å². The van der Waals surface area contributed by atoms with E-state index in [4.69, 9.17) is 9.47 Å². The summed E-state index contributed by atoms with van der Waals surface area (Å²) in [4.78, 5) is 0. The Morgan fingerprint density at radius 2 is 1.79 bits per heavy atom. The van der Waals surface area contributed by atoms with Gasteiger partial charge in [0.05, 0.1) is 13.7 Å². The summed E-state index contributed by atoms with van der Waals surface area (Å²) < 4.78 is 11.5. The third kappa shape index (κ3) is 4.98. The summed E-state index contributed by atoms with van der Waals surface area (Å²) >= 11 is 0. The minimum atomic E-state index is -0.350. The second kappa shape index (κ2) is 8.18. The normalized spacial score (nSPS) is 11.4. The van der Waals surface area contributed by atoms with Gasteiger partial charge in [0.2, 0.25) is 0 Å². The molecule has 2 rings (SSSR count). The number of hydrogen-bond acceptors (Lipinski definition) is 4. The lowest BCUT2D eigenvalue weighted by Gasteiger charge is -2.24. The number of aliphatic hydroxyl groups excluding tert-OH is 1. The number of para-hydroxylation sites is 1. The van der Waals surface area contributed by atoms with Crippen molar-refractivity contribution in [1.82, 2.24) is 5.32 Å². The van der Waals surface area contributed by atoms with E-state index in [2.05, 4.69) is 36.5 Å². The van der Waals surface area contributed by atoms with Crippen molar-refractivity contribution in [2.75, 3.05) is 13.7 Å². The zero-order valence-corrected chi connectivity index (χ0v) is 14.9. The summed E-state index contributed by atoms with van der Waals surface area (Å²) in [6, 6.07) is 14.1. The zero-order chi connectivity index (χ0) is 17.6. The summed E-state index contributed by atoms with van der Waals surface area (Å²) in [5.74, 6) is 1.45. The van der Waals surface area contributed by atoms with Crippen LogP contribution in [-0.2, 0) is 13.2 Å². The van der Waals surface area contributed by atoms with Gasteiger partial charge in [-0.1, -0.05) is 42.0 Å². The van der Waals surface area contributed by atoms with Crippen LogP contribution in [0.5, 0.6) is 11.5 Å². The molecule has 0 saturated heterocycles. The molecule has 0 aliphatic carbocycles. The molecule has 130 valence electrons. The van der Waals surface area contributed by atoms with Crippen LogP contribution in [0.25, 0.3) is 0 Å². The lowest BCUT2D eigenvalue weighted by atomic mass is 10.1. The number of hydrogen-bond donors (Lipinski definition) is 2. The number of aliphatic hydroxyl groups is 1. The van der Waals surface area contributed by atoms with Crippen molar-refractivity contribution in [2.24, 2.45) is 0 Å². The van der Waals surface area contributed by atoms with Crippen LogP contribution >= 0.6 is 0 Å². The minimum Gasteiger partial charge on any atom is -0.493 e. The lowest BCUT2D eigenvalue weighted by molar-refractivity contribution is 0.186. The highest BCUT2D eigenvalue weighted by Gasteiger charge is 2.17. The van der Waals surface area contributed by atoms with Crippen LogP contribution < -0.4 is 14.8 Å². The number of benzene rings is 2. The smallest absolute Gasteiger partial charge is 0.166 e. The fourth-order valence-corrected chi connectivity index (χ4v) is 2.26. The summed E-state index contributed by atoms with van der Waals surface area (Å²) in [6.07, 6.45) is 0. The lowest BCUT2D eigenvalue weighted by Crippen LogP contribution is -2.42. The van der Waals surface area contributed by atoms with Gasteiger partial charge in [-0.3, -0.25) is 0 Å². The Labute approximate surface area is 144 Å². The molecule has 2 N–H and O–H groups in total. The molecule has 0 amide bonds. The molecule has 0 aromatic heterocycles. The van der Waals surface area contributed by atoms with Crippen LogP contribution in [-0.4, -0.2) is 24.4 Å². The molecule has 0 bridgehead atoms. The van der Waals surface area contributed by atoms with Crippen molar-refractivity contribution in [3.63, 3.8) is 0 Å². The van der Waals surface area contributed by atoms with Gasteiger partial charge in [0.25, 0.3) is 0 Å². The van der Waals surface area contributed by atoms with Gasteiger partial charge in [0.1, 0.15) is 6.61 Å². The van der Waals surface area contributed by atoms with Crippen LogP contribution in [0.4, 0.5) is 0 Å². The second-order valence-electron chi connectivity index (χ2n) is 6.62. The SMILES string of the molecule is COc1cccc(CNC(C)(C)CO)c1OCc1ccc(C)cc1. The first-order chi connectivity index (χ1) is 11.4. The van der Waals surface area contributed by atoms with E-state index in [1.165, 1.54) is 5.56 Å². The van der Waals surface area contributed by atoms with E-state index in [0.717, 1.165) is 16.9 Å². The van der Waals surface area contributed by atoms with Crippen molar-refractivity contribution >= 4 is 0 Å². The van der Waals surface area contributed by atoms with Gasteiger partial charge in [-0.05, 0) is 32.4 Å². The zero-order valence-electron chi connectivity index (χ0n) is 14.9. The molecule has 0 aliphatic heterocycles. The highest BCUT2D eigenvalue weighted by atomic mass is 16.5. The van der Waals surface area contributed by atoms with Crippen LogP contribution in [0.3, 0.4) is 0 Å². The van der Waals surface area contributed by atoms with Crippen LogP contribution in [0.1, 0.15) is 30.5 Å². The molecule has 4 heteroatoms. The molecular weight excluding hydrogens is 302 g/mol. The van der Waals surface area contributed by atoms with Crippen LogP contribution in [0.15, 0.2) is 42.5 Å². The first-order valence-electron chi connectivity index (χ1n) is 8.15. The van der Waals surface area contributed by atoms with Crippen molar-refractivity contribution < 1.29 is 14.6 Å². The summed E-state index contributed by atoms with van der Waals surface area (Å²) in [5, 5.41) is 12.7. The van der Waals surface area contributed by atoms with Gasteiger partial charge < -0.3 is 19.9 Å². The summed E-state index contributed by atoms with van der Waals surface area (Å²) in [5.41, 5.74) is 2.99. The van der Waals surface area contributed by atoms with E-state index >= 15 is 0 Å². The quantitative estimate of drug-likeness (QED) is 0.779. The Hall–Kier alpha value is -2.04. The number of methoxy groups -OCH3 is 1. The molecule has 0 radical (unpaired) electrons. The maximum Gasteiger partial charge on any atom is 0.166 e. The average molecular weight is 329 g/mol. The maximum atomic E-state index is 9.40. The topological polar surface area (TPSA) is 50.7 Å². The Bertz CT molecular complexity index is 650. The van der Waals surface area contributed by atoms with E-state index in [9.17, 15) is 5.11 Å². The fraction of sp³-hybridized carbons (Fsp3) is 0.400. The average Bonchev–Trinajstić information content (AvgIpc) is 2.59. The van der Waals surface area contributed by atoms with Crippen LogP contribution in [0, 0.1) is 6.92 Å². The molecule has 0 aliphatic rings. The molecule has 0 spiro atoms. The molecule has 2 aromatic carbocycles. The monoisotopic (exact) mass is 329 g/mol. The molecule has 0 fully saturated rings. The first-order valence-corrected chi connectivity index (χ1v) is 8.15. The number of aryl methyl sites for hydroxylation is 1. The van der Waals surface area contributed by atoms with E-state index in [1.807, 2.05) is 32.0 Å². The van der Waals surface area contributed by atoms with Gasteiger partial charge in [-0.2, -0.15) is 0 Å². The standard InChI is InChI=1S/C20H27NO3/c1-15-8-10-16(11-9-15)13-24-19-17(6-5-7-18(19)23-4)12-21-20(2,3)14-22/h5-11,21-22H,12-14H2,1-4H3. The molecule has 4 nitrogen and oxygen atoms in total. The molecular formula is C20H27NO3. The van der Waals surface area contributed by atoms with Crippen LogP contribution in [0.2, 0.25) is 0 Å². The first kappa shape index (κ1) is 18.3. The van der Waals surface area contributed by atoms with Crippen molar-refractivity contribution in [3.8, 4) is 11.5 Å². The van der Waals surface area contributed by atoms with Crippen molar-refractivity contribution in [1.29, 1.82) is 0 Å². The maximum absolute atomic E-state index is 9.40. The van der Waals surface area contributed by atoms with E-state index in [0.29, 0.717) is 18.9 Å². The van der Waals surface area contributed by atoms with Gasteiger partial charge in [-0.15, -0.1) is 0 Å².